The second-order valence-corrected chi connectivity index (χ2v) is 4.72. The normalized spacial score (nSPS) is 19.6. The van der Waals surface area contributed by atoms with Crippen LogP contribution in [0.1, 0.15) is 32.1 Å². The van der Waals surface area contributed by atoms with Crippen LogP contribution >= 0.6 is 0 Å². The molecule has 6 nitrogen and oxygen atoms in total. The Balaban J connectivity index is 2.14. The number of hydrogen-bond donors (Lipinski definition) is 3. The van der Waals surface area contributed by atoms with Gasteiger partial charge in [0, 0.05) is 32.7 Å². The maximum Gasteiger partial charge on any atom is 0.317 e. The lowest BCUT2D eigenvalue weighted by molar-refractivity contribution is -0.137. The number of carboxylic acids is 1. The first kappa shape index (κ1) is 14.8. The number of aliphatic carboxylic acids is 1. The molecule has 1 aliphatic rings. The first-order valence-corrected chi connectivity index (χ1v) is 6.49. The number of aliphatic hydroxyl groups excluding tert-OH is 1. The Kier molecular flexibility index (Phi) is 6.49. The number of carboxylic acid groups (broad SMARTS) is 1. The molecule has 6 heteroatoms. The van der Waals surface area contributed by atoms with Crippen molar-refractivity contribution in [3.05, 3.63) is 0 Å². The molecule has 0 bridgehead atoms. The van der Waals surface area contributed by atoms with Crippen LogP contribution in [0.5, 0.6) is 0 Å². The van der Waals surface area contributed by atoms with Crippen molar-refractivity contribution in [1.29, 1.82) is 0 Å². The number of urea groups is 1. The molecule has 1 heterocycles. The van der Waals surface area contributed by atoms with Crippen LogP contribution in [0.4, 0.5) is 4.79 Å². The number of carbonyl (C=O) groups is 2. The van der Waals surface area contributed by atoms with Gasteiger partial charge >= 0.3 is 12.0 Å². The van der Waals surface area contributed by atoms with E-state index < -0.39 is 5.97 Å². The van der Waals surface area contributed by atoms with Gasteiger partial charge in [0.05, 0.1) is 0 Å². The van der Waals surface area contributed by atoms with Crippen LogP contribution in [0, 0.1) is 5.92 Å². The maximum absolute atomic E-state index is 11.8. The molecule has 0 aromatic heterocycles. The van der Waals surface area contributed by atoms with Gasteiger partial charge in [-0.25, -0.2) is 4.79 Å². The molecule has 18 heavy (non-hydrogen) atoms. The zero-order valence-corrected chi connectivity index (χ0v) is 10.6. The molecule has 1 saturated heterocycles. The molecule has 0 spiro atoms. The number of rotatable bonds is 6. The first-order valence-electron chi connectivity index (χ1n) is 6.49. The van der Waals surface area contributed by atoms with Crippen LogP contribution in [0.2, 0.25) is 0 Å². The quantitative estimate of drug-likeness (QED) is 0.610. The van der Waals surface area contributed by atoms with Crippen molar-refractivity contribution in [2.24, 2.45) is 5.92 Å². The van der Waals surface area contributed by atoms with Crippen molar-refractivity contribution in [2.75, 3.05) is 26.2 Å². The Morgan fingerprint density at radius 3 is 2.78 bits per heavy atom. The van der Waals surface area contributed by atoms with Gasteiger partial charge < -0.3 is 20.4 Å². The van der Waals surface area contributed by atoms with E-state index in [-0.39, 0.29) is 25.0 Å². The molecule has 0 aliphatic carbocycles. The fourth-order valence-electron chi connectivity index (χ4n) is 2.11. The SMILES string of the molecule is O=C(O)CCCCNC(=O)N1CCCC(CO)C1. The first-order chi connectivity index (χ1) is 8.63. The van der Waals surface area contributed by atoms with Gasteiger partial charge in [0.15, 0.2) is 0 Å². The monoisotopic (exact) mass is 258 g/mol. The van der Waals surface area contributed by atoms with Gasteiger partial charge in [-0.3, -0.25) is 4.79 Å². The van der Waals surface area contributed by atoms with E-state index in [2.05, 4.69) is 5.32 Å². The van der Waals surface area contributed by atoms with Crippen molar-refractivity contribution in [1.82, 2.24) is 10.2 Å². The summed E-state index contributed by atoms with van der Waals surface area (Å²) < 4.78 is 0. The zero-order valence-electron chi connectivity index (χ0n) is 10.6. The van der Waals surface area contributed by atoms with Crippen LogP contribution in [0.15, 0.2) is 0 Å². The summed E-state index contributed by atoms with van der Waals surface area (Å²) in [4.78, 5) is 23.8. The van der Waals surface area contributed by atoms with E-state index in [0.717, 1.165) is 19.4 Å². The zero-order chi connectivity index (χ0) is 13.4. The highest BCUT2D eigenvalue weighted by atomic mass is 16.4. The third-order valence-corrected chi connectivity index (χ3v) is 3.16. The predicted molar refractivity (Wildman–Crippen MR) is 66.3 cm³/mol. The highest BCUT2D eigenvalue weighted by molar-refractivity contribution is 5.74. The van der Waals surface area contributed by atoms with Crippen LogP contribution in [0.3, 0.4) is 0 Å². The van der Waals surface area contributed by atoms with Gasteiger partial charge in [0.25, 0.3) is 0 Å². The molecule has 0 saturated carbocycles. The predicted octanol–water partition coefficient (Wildman–Crippen LogP) is 0.655. The molecule has 1 rings (SSSR count). The molecule has 104 valence electrons. The average molecular weight is 258 g/mol. The maximum atomic E-state index is 11.8. The van der Waals surface area contributed by atoms with Crippen molar-refractivity contribution in [3.63, 3.8) is 0 Å². The minimum atomic E-state index is -0.803. The summed E-state index contributed by atoms with van der Waals surface area (Å²) in [6.07, 6.45) is 3.30. The van der Waals surface area contributed by atoms with E-state index in [4.69, 9.17) is 10.2 Å². The van der Waals surface area contributed by atoms with Crippen molar-refractivity contribution >= 4 is 12.0 Å². The number of hydrogen-bond acceptors (Lipinski definition) is 3. The highest BCUT2D eigenvalue weighted by Crippen LogP contribution is 2.15. The summed E-state index contributed by atoms with van der Waals surface area (Å²) in [5.74, 6) is -0.611. The molecule has 0 aromatic carbocycles. The molecule has 0 radical (unpaired) electrons. The van der Waals surface area contributed by atoms with Crippen molar-refractivity contribution in [3.8, 4) is 0 Å². The standard InChI is InChI=1S/C12H22N2O4/c15-9-10-4-3-7-14(8-10)12(18)13-6-2-1-5-11(16)17/h10,15H,1-9H2,(H,13,18)(H,16,17). The van der Waals surface area contributed by atoms with Gasteiger partial charge in [0.1, 0.15) is 0 Å². The van der Waals surface area contributed by atoms with E-state index >= 15 is 0 Å². The molecule has 1 atom stereocenters. The van der Waals surface area contributed by atoms with Crippen LogP contribution in [0.25, 0.3) is 0 Å². The van der Waals surface area contributed by atoms with E-state index in [9.17, 15) is 9.59 Å². The van der Waals surface area contributed by atoms with Gasteiger partial charge in [-0.05, 0) is 31.6 Å². The lowest BCUT2D eigenvalue weighted by atomic mass is 9.99. The number of aliphatic hydroxyl groups is 1. The summed E-state index contributed by atoms with van der Waals surface area (Å²) in [7, 11) is 0. The van der Waals surface area contributed by atoms with Crippen molar-refractivity contribution < 1.29 is 19.8 Å². The molecular formula is C12H22N2O4. The molecule has 1 aliphatic heterocycles. The number of likely N-dealkylation sites (tertiary alicyclic amines) is 1. The fourth-order valence-corrected chi connectivity index (χ4v) is 2.11. The Labute approximate surface area is 107 Å². The third-order valence-electron chi connectivity index (χ3n) is 3.16. The van der Waals surface area contributed by atoms with Gasteiger partial charge in [0.2, 0.25) is 0 Å². The largest absolute Gasteiger partial charge is 0.481 e. The smallest absolute Gasteiger partial charge is 0.317 e. The van der Waals surface area contributed by atoms with Gasteiger partial charge in [-0.1, -0.05) is 0 Å². The third kappa shape index (κ3) is 5.35. The van der Waals surface area contributed by atoms with Crippen LogP contribution in [-0.4, -0.2) is 53.4 Å². The Hall–Kier alpha value is -1.30. The topological polar surface area (TPSA) is 89.9 Å². The number of unbranched alkanes of at least 4 members (excludes halogenated alkanes) is 1. The van der Waals surface area contributed by atoms with Gasteiger partial charge in [-0.15, -0.1) is 0 Å². The van der Waals surface area contributed by atoms with Crippen LogP contribution in [-0.2, 0) is 4.79 Å². The second kappa shape index (κ2) is 7.92. The van der Waals surface area contributed by atoms with Crippen molar-refractivity contribution in [2.45, 2.75) is 32.1 Å². The van der Waals surface area contributed by atoms with E-state index in [1.165, 1.54) is 0 Å². The summed E-state index contributed by atoms with van der Waals surface area (Å²) in [6.45, 7) is 1.98. The molecule has 2 amide bonds. The minimum Gasteiger partial charge on any atom is -0.481 e. The summed E-state index contributed by atoms with van der Waals surface area (Å²) in [6, 6.07) is -0.108. The number of nitrogens with zero attached hydrogens (tertiary/aromatic N) is 1. The lowest BCUT2D eigenvalue weighted by Gasteiger charge is -2.31. The fraction of sp³-hybridized carbons (Fsp3) is 0.833. The number of carbonyl (C=O) groups excluding carboxylic acids is 1. The number of amides is 2. The summed E-state index contributed by atoms with van der Waals surface area (Å²) in [5.41, 5.74) is 0. The molecular weight excluding hydrogens is 236 g/mol. The summed E-state index contributed by atoms with van der Waals surface area (Å²) in [5, 5.41) is 20.3. The molecule has 3 N–H and O–H groups in total. The van der Waals surface area contributed by atoms with Crippen LogP contribution < -0.4 is 5.32 Å². The highest BCUT2D eigenvalue weighted by Gasteiger charge is 2.22. The Bertz CT molecular complexity index is 283. The number of piperidine rings is 1. The number of nitrogens with one attached hydrogen (secondary N) is 1. The average Bonchev–Trinajstić information content (AvgIpc) is 2.37. The molecule has 1 unspecified atom stereocenters. The van der Waals surface area contributed by atoms with E-state index in [1.54, 1.807) is 4.90 Å². The summed E-state index contributed by atoms with van der Waals surface area (Å²) >= 11 is 0. The lowest BCUT2D eigenvalue weighted by Crippen LogP contribution is -2.46. The molecule has 1 fully saturated rings. The van der Waals surface area contributed by atoms with E-state index in [0.29, 0.717) is 25.9 Å². The molecule has 0 aromatic rings. The van der Waals surface area contributed by atoms with E-state index in [1.807, 2.05) is 0 Å². The second-order valence-electron chi connectivity index (χ2n) is 4.72. The Morgan fingerprint density at radius 1 is 1.33 bits per heavy atom. The minimum absolute atomic E-state index is 0.108. The Morgan fingerprint density at radius 2 is 2.11 bits per heavy atom. The van der Waals surface area contributed by atoms with Gasteiger partial charge in [-0.2, -0.15) is 0 Å².